The van der Waals surface area contributed by atoms with Crippen molar-refractivity contribution in [1.82, 2.24) is 4.90 Å². The van der Waals surface area contributed by atoms with Crippen molar-refractivity contribution in [1.29, 1.82) is 0 Å². The van der Waals surface area contributed by atoms with Gasteiger partial charge in [-0.3, -0.25) is 15.0 Å². The first-order valence-electron chi connectivity index (χ1n) is 8.12. The number of nitrogens with zero attached hydrogens (tertiary/aromatic N) is 1. The number of carbonyl (C=O) groups is 2. The lowest BCUT2D eigenvalue weighted by Gasteiger charge is -2.22. The second kappa shape index (κ2) is 7.26. The Morgan fingerprint density at radius 1 is 1.44 bits per heavy atom. The molecular formula is C17H24FN3O4. The minimum absolute atomic E-state index is 0.117. The molecule has 1 aliphatic heterocycles. The molecule has 8 heteroatoms. The van der Waals surface area contributed by atoms with Gasteiger partial charge < -0.3 is 15.6 Å². The van der Waals surface area contributed by atoms with Crippen LogP contribution < -0.4 is 11.1 Å². The molecule has 0 unspecified atom stereocenters. The van der Waals surface area contributed by atoms with Crippen LogP contribution in [0.4, 0.5) is 20.6 Å². The fourth-order valence-electron chi connectivity index (χ4n) is 2.80. The standard InChI is InChI=1S/C17H24FN3O4/c1-17(2,3)25-16(24)20-11-7-6-10(13(18)14(11)19)9-21-8-4-5-12(21)15(22)23/h6-7,12H,4-5,8-9,19H2,1-3H3,(H,20,24)(H,22,23)/t12-/m0/s1. The molecule has 1 amide bonds. The van der Waals surface area contributed by atoms with Gasteiger partial charge in [0.25, 0.3) is 0 Å². The highest BCUT2D eigenvalue weighted by atomic mass is 19.1. The van der Waals surface area contributed by atoms with Crippen LogP contribution in [0.5, 0.6) is 0 Å². The van der Waals surface area contributed by atoms with Gasteiger partial charge in [-0.2, -0.15) is 0 Å². The number of rotatable bonds is 4. The largest absolute Gasteiger partial charge is 0.480 e. The van der Waals surface area contributed by atoms with E-state index in [-0.39, 0.29) is 17.9 Å². The van der Waals surface area contributed by atoms with E-state index in [0.717, 1.165) is 6.42 Å². The molecule has 1 saturated heterocycles. The molecule has 138 valence electrons. The molecular weight excluding hydrogens is 329 g/mol. The Labute approximate surface area is 145 Å². The average molecular weight is 353 g/mol. The number of anilines is 2. The zero-order chi connectivity index (χ0) is 18.8. The number of benzene rings is 1. The van der Waals surface area contributed by atoms with E-state index in [9.17, 15) is 19.1 Å². The van der Waals surface area contributed by atoms with Crippen LogP contribution in [0.25, 0.3) is 0 Å². The number of carboxylic acids is 1. The number of nitrogen functional groups attached to an aromatic ring is 1. The maximum absolute atomic E-state index is 14.5. The predicted octanol–water partition coefficient (Wildman–Crippen LogP) is 2.80. The summed E-state index contributed by atoms with van der Waals surface area (Å²) >= 11 is 0. The summed E-state index contributed by atoms with van der Waals surface area (Å²) in [6, 6.07) is 2.37. The van der Waals surface area contributed by atoms with Crippen LogP contribution >= 0.6 is 0 Å². The molecule has 7 nitrogen and oxygen atoms in total. The summed E-state index contributed by atoms with van der Waals surface area (Å²) in [7, 11) is 0. The number of likely N-dealkylation sites (tertiary alicyclic amines) is 1. The molecule has 1 aliphatic rings. The number of carbonyl (C=O) groups excluding carboxylic acids is 1. The Morgan fingerprint density at radius 3 is 2.72 bits per heavy atom. The normalized spacial score (nSPS) is 18.2. The van der Waals surface area contributed by atoms with E-state index >= 15 is 0 Å². The Balaban J connectivity index is 2.12. The second-order valence-electron chi connectivity index (χ2n) is 7.09. The van der Waals surface area contributed by atoms with Crippen LogP contribution in [-0.4, -0.2) is 40.3 Å². The lowest BCUT2D eigenvalue weighted by molar-refractivity contribution is -0.142. The first kappa shape index (κ1) is 19.0. The van der Waals surface area contributed by atoms with E-state index < -0.39 is 29.5 Å². The van der Waals surface area contributed by atoms with Gasteiger partial charge in [-0.25, -0.2) is 9.18 Å². The summed E-state index contributed by atoms with van der Waals surface area (Å²) in [6.07, 6.45) is 0.577. The third-order valence-corrected chi connectivity index (χ3v) is 3.92. The van der Waals surface area contributed by atoms with E-state index in [1.807, 2.05) is 0 Å². The minimum Gasteiger partial charge on any atom is -0.480 e. The van der Waals surface area contributed by atoms with Crippen LogP contribution in [0.15, 0.2) is 12.1 Å². The fourth-order valence-corrected chi connectivity index (χ4v) is 2.80. The molecule has 2 rings (SSSR count). The number of carboxylic acid groups (broad SMARTS) is 1. The zero-order valence-corrected chi connectivity index (χ0v) is 14.6. The summed E-state index contributed by atoms with van der Waals surface area (Å²) < 4.78 is 19.7. The van der Waals surface area contributed by atoms with Crippen molar-refractivity contribution in [2.75, 3.05) is 17.6 Å². The van der Waals surface area contributed by atoms with Gasteiger partial charge in [0, 0.05) is 12.1 Å². The van der Waals surface area contributed by atoms with Gasteiger partial charge in [0.1, 0.15) is 11.6 Å². The summed E-state index contributed by atoms with van der Waals surface area (Å²) in [6.45, 7) is 5.89. The van der Waals surface area contributed by atoms with Gasteiger partial charge in [0.2, 0.25) is 0 Å². The molecule has 1 aromatic rings. The van der Waals surface area contributed by atoms with Gasteiger partial charge in [-0.1, -0.05) is 6.07 Å². The topological polar surface area (TPSA) is 105 Å². The van der Waals surface area contributed by atoms with Crippen molar-refractivity contribution >= 4 is 23.4 Å². The van der Waals surface area contributed by atoms with E-state index in [0.29, 0.717) is 18.5 Å². The lowest BCUT2D eigenvalue weighted by Crippen LogP contribution is -2.35. The van der Waals surface area contributed by atoms with Crippen LogP contribution in [0, 0.1) is 5.82 Å². The smallest absolute Gasteiger partial charge is 0.412 e. The van der Waals surface area contributed by atoms with Crippen LogP contribution in [0.2, 0.25) is 0 Å². The van der Waals surface area contributed by atoms with E-state index in [1.54, 1.807) is 25.7 Å². The van der Waals surface area contributed by atoms with E-state index in [1.165, 1.54) is 12.1 Å². The zero-order valence-electron chi connectivity index (χ0n) is 14.6. The number of hydrogen-bond acceptors (Lipinski definition) is 5. The Kier molecular flexibility index (Phi) is 5.52. The van der Waals surface area contributed by atoms with Crippen LogP contribution in [0.3, 0.4) is 0 Å². The molecule has 0 spiro atoms. The summed E-state index contributed by atoms with van der Waals surface area (Å²) in [5, 5.41) is 11.6. The number of halogens is 1. The molecule has 0 saturated carbocycles. The van der Waals surface area contributed by atoms with Crippen molar-refractivity contribution in [3.63, 3.8) is 0 Å². The van der Waals surface area contributed by atoms with Gasteiger partial charge in [0.05, 0.1) is 11.4 Å². The summed E-state index contributed by atoms with van der Waals surface area (Å²) in [5.74, 6) is -1.57. The van der Waals surface area contributed by atoms with E-state index in [2.05, 4.69) is 5.32 Å². The third kappa shape index (κ3) is 4.82. The number of nitrogens with two attached hydrogens (primary N) is 1. The molecule has 0 bridgehead atoms. The molecule has 0 aliphatic carbocycles. The van der Waals surface area contributed by atoms with Crippen molar-refractivity contribution in [2.45, 2.75) is 51.8 Å². The number of amides is 1. The Morgan fingerprint density at radius 2 is 2.12 bits per heavy atom. The second-order valence-corrected chi connectivity index (χ2v) is 7.09. The number of nitrogens with one attached hydrogen (secondary N) is 1. The predicted molar refractivity (Wildman–Crippen MR) is 91.7 cm³/mol. The SMILES string of the molecule is CC(C)(C)OC(=O)Nc1ccc(CN2CCC[C@H]2C(=O)O)c(F)c1N. The first-order chi connectivity index (χ1) is 11.6. The molecule has 4 N–H and O–H groups in total. The molecule has 1 aromatic carbocycles. The lowest BCUT2D eigenvalue weighted by atomic mass is 10.1. The molecule has 1 heterocycles. The Hall–Kier alpha value is -2.35. The Bertz CT molecular complexity index is 673. The van der Waals surface area contributed by atoms with Gasteiger partial charge in [0.15, 0.2) is 5.82 Å². The minimum atomic E-state index is -0.908. The fraction of sp³-hybridized carbons (Fsp3) is 0.529. The van der Waals surface area contributed by atoms with Gasteiger partial charge in [-0.15, -0.1) is 0 Å². The monoisotopic (exact) mass is 353 g/mol. The van der Waals surface area contributed by atoms with E-state index in [4.69, 9.17) is 10.5 Å². The summed E-state index contributed by atoms with van der Waals surface area (Å²) in [5.41, 5.74) is 5.31. The van der Waals surface area contributed by atoms with Crippen molar-refractivity contribution in [2.24, 2.45) is 0 Å². The maximum Gasteiger partial charge on any atom is 0.412 e. The molecule has 0 radical (unpaired) electrons. The third-order valence-electron chi connectivity index (χ3n) is 3.92. The van der Waals surface area contributed by atoms with Crippen LogP contribution in [0.1, 0.15) is 39.2 Å². The maximum atomic E-state index is 14.5. The highest BCUT2D eigenvalue weighted by Crippen LogP contribution is 2.28. The highest BCUT2D eigenvalue weighted by Gasteiger charge is 2.31. The molecule has 1 atom stereocenters. The molecule has 1 fully saturated rings. The van der Waals surface area contributed by atoms with Crippen molar-refractivity contribution in [3.8, 4) is 0 Å². The number of hydrogen-bond donors (Lipinski definition) is 3. The first-order valence-corrected chi connectivity index (χ1v) is 8.12. The average Bonchev–Trinajstić information content (AvgIpc) is 2.93. The highest BCUT2D eigenvalue weighted by molar-refractivity contribution is 5.89. The van der Waals surface area contributed by atoms with Gasteiger partial charge in [-0.05, 0) is 46.2 Å². The molecule has 25 heavy (non-hydrogen) atoms. The summed E-state index contributed by atoms with van der Waals surface area (Å²) in [4.78, 5) is 24.7. The van der Waals surface area contributed by atoms with Crippen molar-refractivity contribution < 1.29 is 23.8 Å². The van der Waals surface area contributed by atoms with Crippen LogP contribution in [-0.2, 0) is 16.1 Å². The van der Waals surface area contributed by atoms with Gasteiger partial charge >= 0.3 is 12.1 Å². The quantitative estimate of drug-likeness (QED) is 0.719. The van der Waals surface area contributed by atoms with Crippen molar-refractivity contribution in [3.05, 3.63) is 23.5 Å². The number of aliphatic carboxylic acids is 1. The molecule has 0 aromatic heterocycles. The number of ether oxygens (including phenoxy) is 1.